The fourth-order valence-corrected chi connectivity index (χ4v) is 8.41. The topological polar surface area (TPSA) is 91.3 Å². The molecular formula is C39H43Cl2N5O4. The minimum absolute atomic E-state index is 0.161. The monoisotopic (exact) mass is 715 g/mol. The first-order valence-corrected chi connectivity index (χ1v) is 18.0. The Morgan fingerprint density at radius 3 is 2.32 bits per heavy atom. The molecule has 0 radical (unpaired) electrons. The van der Waals surface area contributed by atoms with Gasteiger partial charge in [-0.05, 0) is 37.5 Å². The molecule has 4 aromatic rings. The molecule has 2 aromatic heterocycles. The van der Waals surface area contributed by atoms with Gasteiger partial charge in [0.05, 0.1) is 41.8 Å². The van der Waals surface area contributed by atoms with E-state index in [4.69, 9.17) is 37.7 Å². The van der Waals surface area contributed by atoms with Crippen LogP contribution in [0.5, 0.6) is 11.6 Å². The van der Waals surface area contributed by atoms with Crippen LogP contribution in [0.3, 0.4) is 0 Å². The highest BCUT2D eigenvalue weighted by Gasteiger charge is 2.48. The number of benzene rings is 2. The van der Waals surface area contributed by atoms with Crippen LogP contribution in [-0.4, -0.2) is 95.3 Å². The van der Waals surface area contributed by atoms with Crippen molar-refractivity contribution in [2.75, 3.05) is 53.5 Å². The van der Waals surface area contributed by atoms with Crippen LogP contribution >= 0.6 is 23.2 Å². The van der Waals surface area contributed by atoms with Gasteiger partial charge in [-0.3, -0.25) is 19.6 Å². The molecule has 9 nitrogen and oxygen atoms in total. The lowest BCUT2D eigenvalue weighted by molar-refractivity contribution is -0.128. The highest BCUT2D eigenvalue weighted by atomic mass is 35.5. The van der Waals surface area contributed by atoms with E-state index in [0.717, 1.165) is 111 Å². The van der Waals surface area contributed by atoms with Crippen molar-refractivity contribution in [1.29, 1.82) is 0 Å². The molecule has 1 spiro atoms. The van der Waals surface area contributed by atoms with Crippen LogP contribution in [0, 0.1) is 5.41 Å². The van der Waals surface area contributed by atoms with Crippen LogP contribution < -0.4 is 9.47 Å². The Bertz CT molecular complexity index is 1890. The van der Waals surface area contributed by atoms with Crippen LogP contribution in [0.15, 0.2) is 60.8 Å². The van der Waals surface area contributed by atoms with E-state index in [2.05, 4.69) is 26.9 Å². The number of carbonyl (C=O) groups is 1. The minimum atomic E-state index is -0.210. The predicted octanol–water partition coefficient (Wildman–Crippen LogP) is 6.81. The number of pyridine rings is 2. The van der Waals surface area contributed by atoms with Gasteiger partial charge in [-0.1, -0.05) is 59.6 Å². The Kier molecular flexibility index (Phi) is 10.1. The molecule has 0 aliphatic carbocycles. The largest absolute Gasteiger partial charge is 0.496 e. The highest BCUT2D eigenvalue weighted by Crippen LogP contribution is 2.43. The summed E-state index contributed by atoms with van der Waals surface area (Å²) in [6, 6.07) is 17.9. The van der Waals surface area contributed by atoms with Gasteiger partial charge in [0.15, 0.2) is 0 Å². The average Bonchev–Trinajstić information content (AvgIpc) is 3.56. The zero-order valence-electron chi connectivity index (χ0n) is 28.8. The third-order valence-electron chi connectivity index (χ3n) is 10.5. The summed E-state index contributed by atoms with van der Waals surface area (Å²) in [4.78, 5) is 28.1. The maximum Gasteiger partial charge on any atom is 0.219 e. The number of piperidine rings is 1. The summed E-state index contributed by atoms with van der Waals surface area (Å²) in [7, 11) is 3.32. The first-order chi connectivity index (χ1) is 24.2. The molecule has 11 heteroatoms. The van der Waals surface area contributed by atoms with Crippen molar-refractivity contribution >= 4 is 29.1 Å². The molecule has 1 N–H and O–H groups in total. The number of aromatic nitrogens is 2. The summed E-state index contributed by atoms with van der Waals surface area (Å²) in [5, 5.41) is 10.9. The zero-order chi connectivity index (χ0) is 35.0. The molecule has 0 unspecified atom stereocenters. The second kappa shape index (κ2) is 14.5. The molecule has 5 heterocycles. The van der Waals surface area contributed by atoms with Crippen LogP contribution in [0.25, 0.3) is 33.6 Å². The summed E-state index contributed by atoms with van der Waals surface area (Å²) < 4.78 is 11.6. The maximum absolute atomic E-state index is 11.8. The lowest BCUT2D eigenvalue weighted by Gasteiger charge is -2.48. The van der Waals surface area contributed by atoms with Crippen molar-refractivity contribution in [3.63, 3.8) is 0 Å². The smallest absolute Gasteiger partial charge is 0.219 e. The normalized spacial score (nSPS) is 18.0. The van der Waals surface area contributed by atoms with E-state index in [1.807, 2.05) is 47.4 Å². The highest BCUT2D eigenvalue weighted by molar-refractivity contribution is 6.39. The predicted molar refractivity (Wildman–Crippen MR) is 197 cm³/mol. The molecule has 262 valence electrons. The van der Waals surface area contributed by atoms with Gasteiger partial charge in [-0.25, -0.2) is 4.98 Å². The van der Waals surface area contributed by atoms with Gasteiger partial charge in [0.2, 0.25) is 11.8 Å². The van der Waals surface area contributed by atoms with E-state index >= 15 is 0 Å². The van der Waals surface area contributed by atoms with Crippen molar-refractivity contribution in [1.82, 2.24) is 24.7 Å². The number of hydrogen-bond donors (Lipinski definition) is 1. The Labute approximate surface area is 303 Å². The first kappa shape index (κ1) is 34.7. The third-order valence-corrected chi connectivity index (χ3v) is 11.3. The van der Waals surface area contributed by atoms with Gasteiger partial charge < -0.3 is 19.5 Å². The van der Waals surface area contributed by atoms with E-state index in [1.54, 1.807) is 27.3 Å². The van der Waals surface area contributed by atoms with Crippen molar-refractivity contribution in [3.8, 4) is 45.3 Å². The van der Waals surface area contributed by atoms with Crippen molar-refractivity contribution < 1.29 is 19.4 Å². The van der Waals surface area contributed by atoms with Crippen molar-refractivity contribution in [3.05, 3.63) is 82.0 Å². The number of amides is 1. The molecule has 0 atom stereocenters. The average molecular weight is 717 g/mol. The molecule has 3 aliphatic rings. The van der Waals surface area contributed by atoms with Crippen LogP contribution in [0.2, 0.25) is 10.0 Å². The van der Waals surface area contributed by atoms with Gasteiger partial charge >= 0.3 is 0 Å². The van der Waals surface area contributed by atoms with Crippen LogP contribution in [0.4, 0.5) is 0 Å². The van der Waals surface area contributed by atoms with Gasteiger partial charge in [-0.2, -0.15) is 0 Å². The number of likely N-dealkylation sites (tertiary alicyclic amines) is 3. The Morgan fingerprint density at radius 2 is 1.60 bits per heavy atom. The molecule has 7 rings (SSSR count). The van der Waals surface area contributed by atoms with Crippen molar-refractivity contribution in [2.24, 2.45) is 5.41 Å². The van der Waals surface area contributed by atoms with E-state index in [9.17, 15) is 9.90 Å². The lowest BCUT2D eigenvalue weighted by Crippen LogP contribution is -2.57. The number of rotatable bonds is 9. The second-order valence-electron chi connectivity index (χ2n) is 13.9. The van der Waals surface area contributed by atoms with Gasteiger partial charge in [0, 0.05) is 104 Å². The second-order valence-corrected chi connectivity index (χ2v) is 14.7. The number of aliphatic hydroxyl groups excluding tert-OH is 1. The molecule has 3 aliphatic heterocycles. The fraction of sp³-hybridized carbons (Fsp3) is 0.410. The molecular weight excluding hydrogens is 673 g/mol. The Hall–Kier alpha value is -3.73. The molecule has 1 amide bonds. The van der Waals surface area contributed by atoms with Crippen molar-refractivity contribution in [2.45, 2.75) is 45.4 Å². The number of carbonyl (C=O) groups excluding carboxylic acids is 1. The van der Waals surface area contributed by atoms with E-state index in [1.165, 1.54) is 0 Å². The maximum atomic E-state index is 11.8. The van der Waals surface area contributed by atoms with E-state index in [-0.39, 0.29) is 17.4 Å². The van der Waals surface area contributed by atoms with E-state index < -0.39 is 0 Å². The Balaban J connectivity index is 1.10. The molecule has 0 bridgehead atoms. The third kappa shape index (κ3) is 6.94. The van der Waals surface area contributed by atoms with E-state index in [0.29, 0.717) is 27.3 Å². The molecule has 3 fully saturated rings. The molecule has 3 saturated heterocycles. The molecule has 50 heavy (non-hydrogen) atoms. The number of halogens is 2. The summed E-state index contributed by atoms with van der Waals surface area (Å²) in [6.07, 6.45) is 4.17. The number of methoxy groups -OCH3 is 2. The van der Waals surface area contributed by atoms with Crippen LogP contribution in [-0.2, 0) is 17.9 Å². The van der Waals surface area contributed by atoms with Gasteiger partial charge in [0.25, 0.3) is 0 Å². The summed E-state index contributed by atoms with van der Waals surface area (Å²) in [5.74, 6) is 1.50. The summed E-state index contributed by atoms with van der Waals surface area (Å²) in [6.45, 7) is 8.47. The van der Waals surface area contributed by atoms with Gasteiger partial charge in [0.1, 0.15) is 5.75 Å². The fourth-order valence-electron chi connectivity index (χ4n) is 7.77. The molecule has 2 aromatic carbocycles. The Morgan fingerprint density at radius 1 is 0.880 bits per heavy atom. The lowest BCUT2D eigenvalue weighted by atomic mass is 9.79. The van der Waals surface area contributed by atoms with Crippen LogP contribution in [0.1, 0.15) is 37.3 Å². The first-order valence-electron chi connectivity index (χ1n) is 17.2. The zero-order valence-corrected chi connectivity index (χ0v) is 30.3. The number of hydrogen-bond acceptors (Lipinski definition) is 8. The number of aliphatic hydroxyl groups is 1. The number of ether oxygens (including phenoxy) is 2. The quantitative estimate of drug-likeness (QED) is 0.202. The standard InChI is InChI=1S/C39H43Cl2N5O4/c1-25(47)46-18-14-39(24-46)22-45(23-39)21-28-9-10-33(43-38(28)50-3)32-6-4-5-30(35(32)40)31-11-15-42-37(36(31)41)26-7-8-27(34(19-26)49-2)20-44-16-12-29(48)13-17-44/h4-11,15,19,29,48H,12-14,16-18,20-24H2,1-3H3. The SMILES string of the molecule is COc1cc(-c2nccc(-c3cccc(-c4ccc(CN5CC6(CCN(C(C)=O)C6)C5)c(OC)n4)c3Cl)c2Cl)ccc1CN1CCC(O)CC1. The summed E-state index contributed by atoms with van der Waals surface area (Å²) in [5.41, 5.74) is 6.81. The number of nitrogens with zero attached hydrogens (tertiary/aromatic N) is 5. The summed E-state index contributed by atoms with van der Waals surface area (Å²) >= 11 is 14.2. The minimum Gasteiger partial charge on any atom is -0.496 e. The molecule has 0 saturated carbocycles. The van der Waals surface area contributed by atoms with Gasteiger partial charge in [-0.15, -0.1) is 0 Å².